The van der Waals surface area contributed by atoms with E-state index in [0.29, 0.717) is 6.42 Å². The summed E-state index contributed by atoms with van der Waals surface area (Å²) in [5.41, 5.74) is 5.09. The van der Waals surface area contributed by atoms with Gasteiger partial charge in [-0.1, -0.05) is 65.2 Å². The summed E-state index contributed by atoms with van der Waals surface area (Å²) >= 11 is 0. The quantitative estimate of drug-likeness (QED) is 0.532. The van der Waals surface area contributed by atoms with Crippen molar-refractivity contribution in [3.05, 3.63) is 0 Å². The molecule has 0 aliphatic rings. The van der Waals surface area contributed by atoms with E-state index in [0.717, 1.165) is 18.8 Å². The van der Waals surface area contributed by atoms with Crippen LogP contribution in [0.1, 0.15) is 78.1 Å². The van der Waals surface area contributed by atoms with Gasteiger partial charge in [-0.05, 0) is 12.3 Å². The molecule has 2 nitrogen and oxygen atoms in total. The molecule has 0 saturated heterocycles. The Morgan fingerprint density at radius 1 is 1.00 bits per heavy atom. The van der Waals surface area contributed by atoms with Crippen LogP contribution < -0.4 is 5.73 Å². The lowest BCUT2D eigenvalue weighted by Gasteiger charge is -2.13. The number of hydrogen-bond donors (Lipinski definition) is 1. The summed E-state index contributed by atoms with van der Waals surface area (Å²) in [5.74, 6) is 0.769. The summed E-state index contributed by atoms with van der Waals surface area (Å²) in [5, 5.41) is 0. The molecule has 1 atom stereocenters. The van der Waals surface area contributed by atoms with Crippen molar-refractivity contribution in [2.24, 2.45) is 11.7 Å². The minimum absolute atomic E-state index is 0.158. The van der Waals surface area contributed by atoms with E-state index in [1.165, 1.54) is 44.9 Å². The first kappa shape index (κ1) is 15.5. The first-order chi connectivity index (χ1) is 7.70. The van der Waals surface area contributed by atoms with Crippen molar-refractivity contribution in [3.63, 3.8) is 0 Å². The van der Waals surface area contributed by atoms with E-state index in [-0.39, 0.29) is 5.91 Å². The third-order valence-corrected chi connectivity index (χ3v) is 3.33. The number of nitrogens with two attached hydrogens (primary N) is 1. The molecule has 0 aromatic rings. The summed E-state index contributed by atoms with van der Waals surface area (Å²) < 4.78 is 0. The Bertz CT molecular complexity index is 168. The SMILES string of the molecule is CCCCC(CC)CCCCCCC(N)=O. The fourth-order valence-corrected chi connectivity index (χ4v) is 2.13. The van der Waals surface area contributed by atoms with E-state index in [9.17, 15) is 4.79 Å². The Morgan fingerprint density at radius 3 is 2.19 bits per heavy atom. The molecule has 0 radical (unpaired) electrons. The van der Waals surface area contributed by atoms with Gasteiger partial charge in [0.1, 0.15) is 0 Å². The lowest BCUT2D eigenvalue weighted by molar-refractivity contribution is -0.118. The van der Waals surface area contributed by atoms with Crippen LogP contribution in [0.5, 0.6) is 0 Å². The smallest absolute Gasteiger partial charge is 0.217 e. The largest absolute Gasteiger partial charge is 0.370 e. The van der Waals surface area contributed by atoms with Crippen LogP contribution in [-0.4, -0.2) is 5.91 Å². The van der Waals surface area contributed by atoms with Crippen molar-refractivity contribution in [1.82, 2.24) is 0 Å². The minimum atomic E-state index is -0.158. The predicted octanol–water partition coefficient (Wildman–Crippen LogP) is 4.03. The molecule has 0 heterocycles. The second-order valence-corrected chi connectivity index (χ2v) is 4.84. The number of amides is 1. The van der Waals surface area contributed by atoms with Crippen molar-refractivity contribution in [2.45, 2.75) is 78.1 Å². The number of unbranched alkanes of at least 4 members (excludes halogenated alkanes) is 4. The van der Waals surface area contributed by atoms with Gasteiger partial charge in [-0.25, -0.2) is 0 Å². The maximum Gasteiger partial charge on any atom is 0.217 e. The summed E-state index contributed by atoms with van der Waals surface area (Å²) in [7, 11) is 0. The lowest BCUT2D eigenvalue weighted by atomic mass is 9.93. The molecule has 0 rings (SSSR count). The van der Waals surface area contributed by atoms with Crippen molar-refractivity contribution >= 4 is 5.91 Å². The van der Waals surface area contributed by atoms with Gasteiger partial charge in [0.2, 0.25) is 5.91 Å². The van der Waals surface area contributed by atoms with Gasteiger partial charge >= 0.3 is 0 Å². The first-order valence-electron chi connectivity index (χ1n) is 6.99. The lowest BCUT2D eigenvalue weighted by Crippen LogP contribution is -2.09. The number of carbonyl (C=O) groups is 1. The number of primary amides is 1. The summed E-state index contributed by atoms with van der Waals surface area (Å²) in [6.45, 7) is 4.56. The topological polar surface area (TPSA) is 43.1 Å². The van der Waals surface area contributed by atoms with Crippen LogP contribution in [0.2, 0.25) is 0 Å². The molecule has 0 aliphatic heterocycles. The Hall–Kier alpha value is -0.530. The Morgan fingerprint density at radius 2 is 1.62 bits per heavy atom. The van der Waals surface area contributed by atoms with E-state index in [1.54, 1.807) is 0 Å². The van der Waals surface area contributed by atoms with Crippen LogP contribution in [0.3, 0.4) is 0 Å². The summed E-state index contributed by atoms with van der Waals surface area (Å²) in [6.07, 6.45) is 12.1. The number of hydrogen-bond acceptors (Lipinski definition) is 1. The average Bonchev–Trinajstić information content (AvgIpc) is 2.26. The van der Waals surface area contributed by atoms with Crippen LogP contribution >= 0.6 is 0 Å². The van der Waals surface area contributed by atoms with Gasteiger partial charge in [0.05, 0.1) is 0 Å². The summed E-state index contributed by atoms with van der Waals surface area (Å²) in [4.78, 5) is 10.5. The third-order valence-electron chi connectivity index (χ3n) is 3.33. The van der Waals surface area contributed by atoms with Crippen LogP contribution in [0.4, 0.5) is 0 Å². The molecule has 0 aromatic carbocycles. The fraction of sp³-hybridized carbons (Fsp3) is 0.929. The maximum atomic E-state index is 10.5. The summed E-state index contributed by atoms with van der Waals surface area (Å²) in [6, 6.07) is 0. The van der Waals surface area contributed by atoms with E-state index < -0.39 is 0 Å². The highest BCUT2D eigenvalue weighted by atomic mass is 16.1. The van der Waals surface area contributed by atoms with Gasteiger partial charge in [-0.2, -0.15) is 0 Å². The average molecular weight is 227 g/mol. The van der Waals surface area contributed by atoms with Gasteiger partial charge in [0, 0.05) is 6.42 Å². The van der Waals surface area contributed by atoms with Crippen LogP contribution in [0.25, 0.3) is 0 Å². The molecular weight excluding hydrogens is 198 g/mol. The van der Waals surface area contributed by atoms with E-state index in [4.69, 9.17) is 5.73 Å². The molecule has 2 heteroatoms. The molecule has 96 valence electrons. The first-order valence-corrected chi connectivity index (χ1v) is 6.99. The minimum Gasteiger partial charge on any atom is -0.370 e. The second kappa shape index (κ2) is 11.0. The zero-order chi connectivity index (χ0) is 12.2. The van der Waals surface area contributed by atoms with E-state index in [1.807, 2.05) is 0 Å². The molecule has 1 unspecified atom stereocenters. The Balaban J connectivity index is 3.30. The van der Waals surface area contributed by atoms with Crippen molar-refractivity contribution in [2.75, 3.05) is 0 Å². The number of rotatable bonds is 11. The van der Waals surface area contributed by atoms with E-state index in [2.05, 4.69) is 13.8 Å². The van der Waals surface area contributed by atoms with Gasteiger partial charge in [0.25, 0.3) is 0 Å². The van der Waals surface area contributed by atoms with Gasteiger partial charge < -0.3 is 5.73 Å². The molecule has 0 saturated carbocycles. The van der Waals surface area contributed by atoms with Gasteiger partial charge in [-0.15, -0.1) is 0 Å². The molecule has 16 heavy (non-hydrogen) atoms. The zero-order valence-corrected chi connectivity index (χ0v) is 11.1. The van der Waals surface area contributed by atoms with Gasteiger partial charge in [0.15, 0.2) is 0 Å². The highest BCUT2D eigenvalue weighted by Gasteiger charge is 2.05. The highest BCUT2D eigenvalue weighted by molar-refractivity contribution is 5.73. The standard InChI is InChI=1S/C14H29NO/c1-3-5-10-13(4-2)11-8-6-7-9-12-14(15)16/h13H,3-12H2,1-2H3,(H2,15,16). The molecule has 1 amide bonds. The molecule has 0 spiro atoms. The second-order valence-electron chi connectivity index (χ2n) is 4.84. The highest BCUT2D eigenvalue weighted by Crippen LogP contribution is 2.20. The fourth-order valence-electron chi connectivity index (χ4n) is 2.13. The van der Waals surface area contributed by atoms with Gasteiger partial charge in [-0.3, -0.25) is 4.79 Å². The Labute approximate surface area is 101 Å². The van der Waals surface area contributed by atoms with Crippen molar-refractivity contribution in [3.8, 4) is 0 Å². The Kier molecular flexibility index (Phi) is 10.6. The van der Waals surface area contributed by atoms with Crippen molar-refractivity contribution in [1.29, 1.82) is 0 Å². The zero-order valence-electron chi connectivity index (χ0n) is 11.1. The van der Waals surface area contributed by atoms with Crippen LogP contribution in [0, 0.1) is 5.92 Å². The number of carbonyl (C=O) groups excluding carboxylic acids is 1. The van der Waals surface area contributed by atoms with E-state index >= 15 is 0 Å². The predicted molar refractivity (Wildman–Crippen MR) is 70.2 cm³/mol. The molecular formula is C14H29NO. The normalized spacial score (nSPS) is 12.6. The molecule has 0 bridgehead atoms. The monoisotopic (exact) mass is 227 g/mol. The maximum absolute atomic E-state index is 10.5. The van der Waals surface area contributed by atoms with Crippen LogP contribution in [-0.2, 0) is 4.79 Å². The molecule has 0 aliphatic carbocycles. The molecule has 0 aromatic heterocycles. The third kappa shape index (κ3) is 10.0. The molecule has 0 fully saturated rings. The molecule has 2 N–H and O–H groups in total. The van der Waals surface area contributed by atoms with Crippen LogP contribution in [0.15, 0.2) is 0 Å². The van der Waals surface area contributed by atoms with Crippen molar-refractivity contribution < 1.29 is 4.79 Å².